The van der Waals surface area contributed by atoms with E-state index in [1.54, 1.807) is 19.4 Å². The first-order chi connectivity index (χ1) is 9.77. The molecule has 0 aromatic carbocycles. The average molecular weight is 274 g/mol. The number of nitrogens with zero attached hydrogens (tertiary/aromatic N) is 3. The Morgan fingerprint density at radius 1 is 1.45 bits per heavy atom. The first-order valence-electron chi connectivity index (χ1n) is 6.33. The molecule has 0 atom stereocenters. The summed E-state index contributed by atoms with van der Waals surface area (Å²) in [6, 6.07) is 3.71. The minimum absolute atomic E-state index is 0.351. The van der Waals surface area contributed by atoms with E-state index >= 15 is 0 Å². The highest BCUT2D eigenvalue weighted by atomic mass is 16.5. The molecule has 0 bridgehead atoms. The Labute approximate surface area is 115 Å². The summed E-state index contributed by atoms with van der Waals surface area (Å²) in [6.45, 7) is 1.22. The SMILES string of the molecule is COC1(c2noc(-c3cc(C#N)c[nH]3)n2)CCOCC1. The molecule has 0 unspecified atom stereocenters. The molecule has 1 N–H and O–H groups in total. The smallest absolute Gasteiger partial charge is 0.274 e. The number of nitriles is 1. The van der Waals surface area contributed by atoms with Gasteiger partial charge in [0.1, 0.15) is 17.4 Å². The Balaban J connectivity index is 1.91. The Morgan fingerprint density at radius 3 is 2.90 bits per heavy atom. The van der Waals surface area contributed by atoms with Gasteiger partial charge in [-0.15, -0.1) is 0 Å². The predicted octanol–water partition coefficient (Wildman–Crippen LogP) is 1.59. The Morgan fingerprint density at radius 2 is 2.25 bits per heavy atom. The van der Waals surface area contributed by atoms with Gasteiger partial charge in [0.05, 0.1) is 5.56 Å². The van der Waals surface area contributed by atoms with Gasteiger partial charge in [0.15, 0.2) is 0 Å². The molecule has 2 aromatic rings. The Bertz CT molecular complexity index is 634. The molecule has 0 saturated carbocycles. The maximum Gasteiger partial charge on any atom is 0.274 e. The zero-order valence-corrected chi connectivity index (χ0v) is 11.0. The topological polar surface area (TPSA) is 97.0 Å². The summed E-state index contributed by atoms with van der Waals surface area (Å²) in [7, 11) is 1.64. The number of nitrogens with one attached hydrogen (secondary N) is 1. The van der Waals surface area contributed by atoms with Gasteiger partial charge in [0.25, 0.3) is 5.89 Å². The van der Waals surface area contributed by atoms with Gasteiger partial charge < -0.3 is 19.0 Å². The van der Waals surface area contributed by atoms with Crippen LogP contribution < -0.4 is 0 Å². The quantitative estimate of drug-likeness (QED) is 0.912. The van der Waals surface area contributed by atoms with Gasteiger partial charge in [-0.05, 0) is 6.07 Å². The van der Waals surface area contributed by atoms with Gasteiger partial charge in [0, 0.05) is 39.4 Å². The molecule has 7 heteroatoms. The Kier molecular flexibility index (Phi) is 3.26. The molecule has 1 saturated heterocycles. The minimum atomic E-state index is -0.551. The first kappa shape index (κ1) is 12.8. The normalized spacial score (nSPS) is 17.8. The van der Waals surface area contributed by atoms with Crippen LogP contribution >= 0.6 is 0 Å². The van der Waals surface area contributed by atoms with Crippen molar-refractivity contribution in [2.45, 2.75) is 18.4 Å². The molecule has 3 heterocycles. The van der Waals surface area contributed by atoms with Crippen LogP contribution in [0.15, 0.2) is 16.8 Å². The van der Waals surface area contributed by atoms with E-state index in [9.17, 15) is 0 Å². The highest BCUT2D eigenvalue weighted by molar-refractivity contribution is 5.51. The largest absolute Gasteiger partial charge is 0.381 e. The van der Waals surface area contributed by atoms with Crippen molar-refractivity contribution >= 4 is 0 Å². The molecule has 1 aliphatic rings. The lowest BCUT2D eigenvalue weighted by Gasteiger charge is -2.32. The van der Waals surface area contributed by atoms with Gasteiger partial charge in [-0.25, -0.2) is 0 Å². The van der Waals surface area contributed by atoms with Crippen LogP contribution in [-0.2, 0) is 15.1 Å². The molecule has 0 spiro atoms. The third-order valence-corrected chi connectivity index (χ3v) is 3.57. The number of rotatable bonds is 3. The fraction of sp³-hybridized carbons (Fsp3) is 0.462. The molecule has 1 fully saturated rings. The second kappa shape index (κ2) is 5.07. The number of ether oxygens (including phenoxy) is 2. The predicted molar refractivity (Wildman–Crippen MR) is 67.5 cm³/mol. The van der Waals surface area contributed by atoms with Crippen LogP contribution in [0.25, 0.3) is 11.6 Å². The van der Waals surface area contributed by atoms with Crippen molar-refractivity contribution in [2.75, 3.05) is 20.3 Å². The molecule has 2 aromatic heterocycles. The van der Waals surface area contributed by atoms with Crippen molar-refractivity contribution in [3.8, 4) is 17.7 Å². The molecule has 104 valence electrons. The van der Waals surface area contributed by atoms with Crippen LogP contribution in [0, 0.1) is 11.3 Å². The minimum Gasteiger partial charge on any atom is -0.381 e. The lowest BCUT2D eigenvalue weighted by molar-refractivity contribution is -0.101. The second-order valence-corrected chi connectivity index (χ2v) is 4.65. The van der Waals surface area contributed by atoms with Gasteiger partial charge in [-0.1, -0.05) is 5.16 Å². The lowest BCUT2D eigenvalue weighted by atomic mass is 9.93. The fourth-order valence-corrected chi connectivity index (χ4v) is 2.32. The van der Waals surface area contributed by atoms with Crippen LogP contribution in [-0.4, -0.2) is 35.4 Å². The number of aromatic amines is 1. The van der Waals surface area contributed by atoms with Crippen molar-refractivity contribution in [1.29, 1.82) is 5.26 Å². The molecule has 20 heavy (non-hydrogen) atoms. The zero-order valence-electron chi connectivity index (χ0n) is 11.0. The van der Waals surface area contributed by atoms with E-state index in [0.29, 0.717) is 49.0 Å². The molecular formula is C13H14N4O3. The molecule has 0 aliphatic carbocycles. The van der Waals surface area contributed by atoms with Crippen molar-refractivity contribution in [3.05, 3.63) is 23.7 Å². The van der Waals surface area contributed by atoms with Crippen molar-refractivity contribution in [2.24, 2.45) is 0 Å². The van der Waals surface area contributed by atoms with Crippen LogP contribution in [0.3, 0.4) is 0 Å². The van der Waals surface area contributed by atoms with Crippen LogP contribution in [0.4, 0.5) is 0 Å². The van der Waals surface area contributed by atoms with Crippen molar-refractivity contribution in [3.63, 3.8) is 0 Å². The van der Waals surface area contributed by atoms with E-state index in [1.807, 2.05) is 6.07 Å². The van der Waals surface area contributed by atoms with Crippen molar-refractivity contribution < 1.29 is 14.0 Å². The summed E-state index contributed by atoms with van der Waals surface area (Å²) in [5, 5.41) is 12.8. The third-order valence-electron chi connectivity index (χ3n) is 3.57. The molecule has 0 amide bonds. The van der Waals surface area contributed by atoms with Crippen LogP contribution in [0.1, 0.15) is 24.2 Å². The van der Waals surface area contributed by atoms with E-state index in [-0.39, 0.29) is 0 Å². The zero-order chi connectivity index (χ0) is 14.0. The summed E-state index contributed by atoms with van der Waals surface area (Å²) in [6.07, 6.45) is 2.98. The molecule has 3 rings (SSSR count). The number of aromatic nitrogens is 3. The van der Waals surface area contributed by atoms with Crippen LogP contribution in [0.2, 0.25) is 0 Å². The van der Waals surface area contributed by atoms with Gasteiger partial charge in [-0.2, -0.15) is 10.2 Å². The summed E-state index contributed by atoms with van der Waals surface area (Å²) >= 11 is 0. The third kappa shape index (κ3) is 2.09. The maximum atomic E-state index is 8.82. The number of hydrogen-bond acceptors (Lipinski definition) is 6. The average Bonchev–Trinajstić information content (AvgIpc) is 3.16. The van der Waals surface area contributed by atoms with E-state index in [0.717, 1.165) is 0 Å². The van der Waals surface area contributed by atoms with Gasteiger partial charge in [-0.3, -0.25) is 0 Å². The second-order valence-electron chi connectivity index (χ2n) is 4.65. The number of hydrogen-bond donors (Lipinski definition) is 1. The van der Waals surface area contributed by atoms with E-state index in [2.05, 4.69) is 15.1 Å². The standard InChI is InChI=1S/C13H14N4O3/c1-18-13(2-4-19-5-3-13)12-16-11(20-17-12)10-6-9(7-14)8-15-10/h6,8,15H,2-5H2,1H3. The fourth-order valence-electron chi connectivity index (χ4n) is 2.32. The van der Waals surface area contributed by atoms with Crippen LogP contribution in [0.5, 0.6) is 0 Å². The molecule has 0 radical (unpaired) electrons. The van der Waals surface area contributed by atoms with E-state index in [1.165, 1.54) is 0 Å². The summed E-state index contributed by atoms with van der Waals surface area (Å²) in [4.78, 5) is 7.33. The first-order valence-corrected chi connectivity index (χ1v) is 6.33. The maximum absolute atomic E-state index is 8.82. The molecular weight excluding hydrogens is 260 g/mol. The monoisotopic (exact) mass is 274 g/mol. The number of H-pyrrole nitrogens is 1. The lowest BCUT2D eigenvalue weighted by Crippen LogP contribution is -2.36. The van der Waals surface area contributed by atoms with Gasteiger partial charge >= 0.3 is 0 Å². The van der Waals surface area contributed by atoms with Gasteiger partial charge in [0.2, 0.25) is 5.82 Å². The molecule has 1 aliphatic heterocycles. The highest BCUT2D eigenvalue weighted by Crippen LogP contribution is 2.34. The van der Waals surface area contributed by atoms with E-state index in [4.69, 9.17) is 19.3 Å². The Hall–Kier alpha value is -2.17. The highest BCUT2D eigenvalue weighted by Gasteiger charge is 2.39. The number of methoxy groups -OCH3 is 1. The molecule has 7 nitrogen and oxygen atoms in total. The van der Waals surface area contributed by atoms with E-state index < -0.39 is 5.60 Å². The summed E-state index contributed by atoms with van der Waals surface area (Å²) < 4.78 is 16.2. The summed E-state index contributed by atoms with van der Waals surface area (Å²) in [5.41, 5.74) is 0.593. The van der Waals surface area contributed by atoms with Crippen molar-refractivity contribution in [1.82, 2.24) is 15.1 Å². The summed E-state index contributed by atoms with van der Waals surface area (Å²) in [5.74, 6) is 0.871.